The van der Waals surface area contributed by atoms with Crippen molar-refractivity contribution < 1.29 is 0 Å². The van der Waals surface area contributed by atoms with Crippen LogP contribution in [0.25, 0.3) is 0 Å². The Balaban J connectivity index is 2.19. The van der Waals surface area contributed by atoms with E-state index in [9.17, 15) is 0 Å². The van der Waals surface area contributed by atoms with Crippen LogP contribution in [0.5, 0.6) is 0 Å². The Morgan fingerprint density at radius 2 is 1.78 bits per heavy atom. The van der Waals surface area contributed by atoms with Crippen LogP contribution in [0.2, 0.25) is 0 Å². The van der Waals surface area contributed by atoms with Gasteiger partial charge in [-0.1, -0.05) is 52.4 Å². The second-order valence-corrected chi connectivity index (χ2v) is 5.35. The van der Waals surface area contributed by atoms with Gasteiger partial charge in [-0.15, -0.1) is 0 Å². The molecule has 0 bridgehead atoms. The summed E-state index contributed by atoms with van der Waals surface area (Å²) in [4.78, 5) is 0. The first-order chi connectivity index (χ1) is 8.77. The quantitative estimate of drug-likeness (QED) is 0.602. The number of aryl methyl sites for hydroxylation is 1. The number of unbranched alkanes of at least 4 members (excludes halogenated alkanes) is 5. The van der Waals surface area contributed by atoms with Gasteiger partial charge in [-0.05, 0) is 24.5 Å². The average molecular weight is 250 g/mol. The minimum absolute atomic E-state index is 0.223. The van der Waals surface area contributed by atoms with Gasteiger partial charge in [0.2, 0.25) is 0 Å². The molecule has 0 aliphatic rings. The maximum Gasteiger partial charge on any atom is 0.0309 e. The second-order valence-electron chi connectivity index (χ2n) is 5.35. The summed E-state index contributed by atoms with van der Waals surface area (Å²) < 4.78 is 2.30. The van der Waals surface area contributed by atoms with Crippen molar-refractivity contribution in [2.45, 2.75) is 77.8 Å². The fourth-order valence-corrected chi connectivity index (χ4v) is 2.37. The van der Waals surface area contributed by atoms with Crippen LogP contribution in [-0.4, -0.2) is 4.57 Å². The number of hydrogen-bond donors (Lipinski definition) is 1. The molecule has 0 fully saturated rings. The van der Waals surface area contributed by atoms with E-state index >= 15 is 0 Å². The smallest absolute Gasteiger partial charge is 0.0309 e. The molecule has 1 unspecified atom stereocenters. The molecule has 1 rings (SSSR count). The molecule has 1 heterocycles. The van der Waals surface area contributed by atoms with Gasteiger partial charge in [0, 0.05) is 25.0 Å². The van der Waals surface area contributed by atoms with E-state index in [1.165, 1.54) is 44.1 Å². The molecule has 0 saturated heterocycles. The molecule has 0 radical (unpaired) electrons. The minimum atomic E-state index is 0.223. The Morgan fingerprint density at radius 1 is 1.06 bits per heavy atom. The zero-order chi connectivity index (χ0) is 13.2. The van der Waals surface area contributed by atoms with E-state index in [-0.39, 0.29) is 6.04 Å². The van der Waals surface area contributed by atoms with Gasteiger partial charge >= 0.3 is 0 Å². The summed E-state index contributed by atoms with van der Waals surface area (Å²) in [5, 5.41) is 0. The van der Waals surface area contributed by atoms with Gasteiger partial charge in [0.15, 0.2) is 0 Å². The Labute approximate surface area is 113 Å². The van der Waals surface area contributed by atoms with E-state index in [4.69, 9.17) is 5.73 Å². The van der Waals surface area contributed by atoms with E-state index in [0.717, 1.165) is 19.4 Å². The van der Waals surface area contributed by atoms with Crippen LogP contribution in [0.4, 0.5) is 0 Å². The molecule has 0 amide bonds. The largest absolute Gasteiger partial charge is 0.354 e. The molecule has 18 heavy (non-hydrogen) atoms. The van der Waals surface area contributed by atoms with Gasteiger partial charge in [0.05, 0.1) is 0 Å². The van der Waals surface area contributed by atoms with Crippen molar-refractivity contribution in [2.24, 2.45) is 5.73 Å². The number of aromatic nitrogens is 1. The SMILES string of the molecule is CCCCCCCCn1ccc(C(N)CCC)c1. The fraction of sp³-hybridized carbons (Fsp3) is 0.750. The highest BCUT2D eigenvalue weighted by Gasteiger charge is 2.05. The lowest BCUT2D eigenvalue weighted by molar-refractivity contribution is 0.557. The zero-order valence-electron chi connectivity index (χ0n) is 12.2. The fourth-order valence-electron chi connectivity index (χ4n) is 2.37. The first-order valence-corrected chi connectivity index (χ1v) is 7.69. The molecule has 0 saturated carbocycles. The van der Waals surface area contributed by atoms with Gasteiger partial charge in [-0.3, -0.25) is 0 Å². The number of hydrogen-bond acceptors (Lipinski definition) is 1. The summed E-state index contributed by atoms with van der Waals surface area (Å²) in [6, 6.07) is 2.40. The van der Waals surface area contributed by atoms with Crippen LogP contribution >= 0.6 is 0 Å². The molecule has 1 atom stereocenters. The van der Waals surface area contributed by atoms with Crippen LogP contribution in [0.1, 0.15) is 76.8 Å². The normalized spacial score (nSPS) is 12.8. The molecule has 2 N–H and O–H groups in total. The van der Waals surface area contributed by atoms with Crippen molar-refractivity contribution in [2.75, 3.05) is 0 Å². The lowest BCUT2D eigenvalue weighted by atomic mass is 10.1. The van der Waals surface area contributed by atoms with Crippen LogP contribution in [0, 0.1) is 0 Å². The number of nitrogens with zero attached hydrogens (tertiary/aromatic N) is 1. The first-order valence-electron chi connectivity index (χ1n) is 7.69. The molecular formula is C16H30N2. The van der Waals surface area contributed by atoms with Crippen molar-refractivity contribution in [3.8, 4) is 0 Å². The average Bonchev–Trinajstić information content (AvgIpc) is 2.83. The summed E-state index contributed by atoms with van der Waals surface area (Å²) in [6.07, 6.45) is 14.8. The summed E-state index contributed by atoms with van der Waals surface area (Å²) in [5.74, 6) is 0. The van der Waals surface area contributed by atoms with Crippen molar-refractivity contribution in [1.82, 2.24) is 4.57 Å². The lowest BCUT2D eigenvalue weighted by Crippen LogP contribution is -2.08. The monoisotopic (exact) mass is 250 g/mol. The maximum atomic E-state index is 6.12. The van der Waals surface area contributed by atoms with Gasteiger partial charge in [0.1, 0.15) is 0 Å². The topological polar surface area (TPSA) is 30.9 Å². The predicted molar refractivity (Wildman–Crippen MR) is 79.6 cm³/mol. The van der Waals surface area contributed by atoms with Crippen molar-refractivity contribution in [1.29, 1.82) is 0 Å². The maximum absolute atomic E-state index is 6.12. The second kappa shape index (κ2) is 9.21. The van der Waals surface area contributed by atoms with Crippen molar-refractivity contribution in [3.05, 3.63) is 24.0 Å². The molecule has 104 valence electrons. The van der Waals surface area contributed by atoms with Gasteiger partial charge in [-0.2, -0.15) is 0 Å². The third kappa shape index (κ3) is 5.72. The Hall–Kier alpha value is -0.760. The van der Waals surface area contributed by atoms with Crippen LogP contribution in [-0.2, 0) is 6.54 Å². The molecular weight excluding hydrogens is 220 g/mol. The highest BCUT2D eigenvalue weighted by atomic mass is 14.9. The summed E-state index contributed by atoms with van der Waals surface area (Å²) >= 11 is 0. The third-order valence-corrected chi connectivity index (χ3v) is 3.57. The van der Waals surface area contributed by atoms with E-state index in [1.54, 1.807) is 0 Å². The Kier molecular flexibility index (Phi) is 7.83. The van der Waals surface area contributed by atoms with Gasteiger partial charge < -0.3 is 10.3 Å². The molecule has 0 aliphatic heterocycles. The molecule has 1 aromatic rings. The van der Waals surface area contributed by atoms with Gasteiger partial charge in [-0.25, -0.2) is 0 Å². The molecule has 0 aromatic carbocycles. The van der Waals surface area contributed by atoms with Crippen LogP contribution < -0.4 is 5.73 Å². The Morgan fingerprint density at radius 3 is 2.50 bits per heavy atom. The van der Waals surface area contributed by atoms with E-state index < -0.39 is 0 Å². The minimum Gasteiger partial charge on any atom is -0.354 e. The first kappa shape index (κ1) is 15.3. The van der Waals surface area contributed by atoms with E-state index in [2.05, 4.69) is 36.9 Å². The molecule has 0 aliphatic carbocycles. The standard InChI is InChI=1S/C16H30N2/c1-3-5-6-7-8-9-12-18-13-11-15(14-18)16(17)10-4-2/h11,13-14,16H,3-10,12,17H2,1-2H3. The summed E-state index contributed by atoms with van der Waals surface area (Å²) in [5.41, 5.74) is 7.41. The predicted octanol–water partition coefficient (Wildman–Crippen LogP) is 4.65. The number of rotatable bonds is 10. The van der Waals surface area contributed by atoms with Crippen molar-refractivity contribution >= 4 is 0 Å². The summed E-state index contributed by atoms with van der Waals surface area (Å²) in [6.45, 7) is 5.60. The van der Waals surface area contributed by atoms with Crippen LogP contribution in [0.3, 0.4) is 0 Å². The third-order valence-electron chi connectivity index (χ3n) is 3.57. The van der Waals surface area contributed by atoms with E-state index in [0.29, 0.717) is 0 Å². The molecule has 0 spiro atoms. The summed E-state index contributed by atoms with van der Waals surface area (Å²) in [7, 11) is 0. The number of nitrogens with two attached hydrogens (primary N) is 1. The van der Waals surface area contributed by atoms with Crippen molar-refractivity contribution in [3.63, 3.8) is 0 Å². The highest BCUT2D eigenvalue weighted by Crippen LogP contribution is 2.16. The Bertz CT molecular complexity index is 304. The molecule has 1 aromatic heterocycles. The van der Waals surface area contributed by atoms with Gasteiger partial charge in [0.25, 0.3) is 0 Å². The van der Waals surface area contributed by atoms with Crippen LogP contribution in [0.15, 0.2) is 18.5 Å². The molecule has 2 heteroatoms. The zero-order valence-corrected chi connectivity index (χ0v) is 12.2. The molecule has 2 nitrogen and oxygen atoms in total. The highest BCUT2D eigenvalue weighted by molar-refractivity contribution is 5.14. The van der Waals surface area contributed by atoms with E-state index in [1.807, 2.05) is 0 Å². The lowest BCUT2D eigenvalue weighted by Gasteiger charge is -2.07.